The number of hydrogen-bond donors (Lipinski definition) is 1. The zero-order valence-electron chi connectivity index (χ0n) is 7.32. The summed E-state index contributed by atoms with van der Waals surface area (Å²) in [6.07, 6.45) is 2.68. The van der Waals surface area contributed by atoms with Crippen LogP contribution in [-0.4, -0.2) is 11.0 Å². The summed E-state index contributed by atoms with van der Waals surface area (Å²) in [6, 6.07) is 7.86. The monoisotopic (exact) mass is 174 g/mol. The van der Waals surface area contributed by atoms with Gasteiger partial charge in [0, 0.05) is 24.4 Å². The average Bonchev–Trinajstić information content (AvgIpc) is 2.49. The number of fused-ring (bicyclic) bond motifs is 1. The number of anilines is 1. The lowest BCUT2D eigenvalue weighted by Gasteiger charge is -2.00. The molecule has 0 spiro atoms. The molecule has 1 heterocycles. The van der Waals surface area contributed by atoms with Crippen LogP contribution in [0.5, 0.6) is 0 Å². The van der Waals surface area contributed by atoms with E-state index in [0.29, 0.717) is 6.41 Å². The van der Waals surface area contributed by atoms with Gasteiger partial charge in [-0.2, -0.15) is 0 Å². The van der Waals surface area contributed by atoms with E-state index in [-0.39, 0.29) is 0 Å². The van der Waals surface area contributed by atoms with Gasteiger partial charge in [0.2, 0.25) is 6.41 Å². The summed E-state index contributed by atoms with van der Waals surface area (Å²) in [4.78, 5) is 10.2. The molecule has 1 aromatic carbocycles. The highest BCUT2D eigenvalue weighted by Crippen LogP contribution is 2.18. The number of aryl methyl sites for hydroxylation is 1. The molecule has 0 atom stereocenters. The van der Waals surface area contributed by atoms with Crippen LogP contribution < -0.4 is 5.32 Å². The second-order valence-electron chi connectivity index (χ2n) is 2.96. The first-order chi connectivity index (χ1) is 6.31. The minimum atomic E-state index is 0.685. The number of aromatic nitrogens is 1. The third-order valence-electron chi connectivity index (χ3n) is 2.11. The average molecular weight is 174 g/mol. The van der Waals surface area contributed by atoms with Crippen LogP contribution in [0.4, 0.5) is 5.69 Å². The lowest BCUT2D eigenvalue weighted by molar-refractivity contribution is -0.105. The first-order valence-electron chi connectivity index (χ1n) is 4.06. The second-order valence-corrected chi connectivity index (χ2v) is 2.96. The number of carbonyl (C=O) groups excluding carboxylic acids is 1. The maximum Gasteiger partial charge on any atom is 0.211 e. The lowest BCUT2D eigenvalue weighted by Crippen LogP contribution is -1.93. The quantitative estimate of drug-likeness (QED) is 0.691. The molecule has 3 nitrogen and oxygen atoms in total. The molecule has 0 saturated carbocycles. The van der Waals surface area contributed by atoms with E-state index >= 15 is 0 Å². The van der Waals surface area contributed by atoms with Crippen molar-refractivity contribution in [3.63, 3.8) is 0 Å². The van der Waals surface area contributed by atoms with Crippen molar-refractivity contribution in [1.82, 2.24) is 4.57 Å². The largest absolute Gasteiger partial charge is 0.350 e. The Morgan fingerprint density at radius 1 is 1.38 bits per heavy atom. The van der Waals surface area contributed by atoms with Crippen LogP contribution in [0.25, 0.3) is 10.9 Å². The van der Waals surface area contributed by atoms with Crippen molar-refractivity contribution in [1.29, 1.82) is 0 Å². The summed E-state index contributed by atoms with van der Waals surface area (Å²) in [5.74, 6) is 0. The first kappa shape index (κ1) is 7.86. The van der Waals surface area contributed by atoms with E-state index in [1.54, 1.807) is 0 Å². The van der Waals surface area contributed by atoms with Crippen molar-refractivity contribution in [2.45, 2.75) is 0 Å². The molecular weight excluding hydrogens is 164 g/mol. The minimum absolute atomic E-state index is 0.685. The van der Waals surface area contributed by atoms with E-state index in [4.69, 9.17) is 0 Å². The summed E-state index contributed by atoms with van der Waals surface area (Å²) < 4.78 is 2.02. The van der Waals surface area contributed by atoms with Crippen LogP contribution in [0.1, 0.15) is 0 Å². The molecule has 0 aliphatic carbocycles. The lowest BCUT2D eigenvalue weighted by atomic mass is 10.2. The molecule has 0 unspecified atom stereocenters. The summed E-state index contributed by atoms with van der Waals surface area (Å²) in [5, 5.41) is 3.80. The molecule has 0 aliphatic heterocycles. The fourth-order valence-electron chi connectivity index (χ4n) is 1.42. The number of nitrogens with zero attached hydrogens (tertiary/aromatic N) is 1. The highest BCUT2D eigenvalue weighted by Gasteiger charge is 1.98. The maximum absolute atomic E-state index is 10.2. The Morgan fingerprint density at radius 2 is 2.23 bits per heavy atom. The summed E-state index contributed by atoms with van der Waals surface area (Å²) in [7, 11) is 1.98. The summed E-state index contributed by atoms with van der Waals surface area (Å²) in [5.41, 5.74) is 1.94. The molecule has 3 heteroatoms. The van der Waals surface area contributed by atoms with Gasteiger partial charge in [0.05, 0.1) is 0 Å². The molecule has 2 rings (SSSR count). The molecular formula is C10H10N2O. The van der Waals surface area contributed by atoms with Crippen LogP contribution >= 0.6 is 0 Å². The zero-order chi connectivity index (χ0) is 9.26. The Labute approximate surface area is 76.0 Å². The molecule has 13 heavy (non-hydrogen) atoms. The maximum atomic E-state index is 10.2. The number of rotatable bonds is 2. The van der Waals surface area contributed by atoms with Crippen LogP contribution in [0, 0.1) is 0 Å². The smallest absolute Gasteiger partial charge is 0.211 e. The molecule has 1 amide bonds. The Hall–Kier alpha value is -1.77. The van der Waals surface area contributed by atoms with Crippen molar-refractivity contribution < 1.29 is 4.79 Å². The van der Waals surface area contributed by atoms with Gasteiger partial charge in [-0.1, -0.05) is 6.07 Å². The van der Waals surface area contributed by atoms with Crippen LogP contribution in [-0.2, 0) is 11.8 Å². The van der Waals surface area contributed by atoms with E-state index in [2.05, 4.69) is 5.32 Å². The standard InChI is InChI=1S/C10H10N2O/c1-12-5-4-8-2-3-9(11-7-13)6-10(8)12/h2-7H,1H3,(H,11,13). The molecule has 1 aromatic heterocycles. The van der Waals surface area contributed by atoms with Crippen LogP contribution in [0.15, 0.2) is 30.5 Å². The van der Waals surface area contributed by atoms with Gasteiger partial charge in [-0.25, -0.2) is 0 Å². The molecule has 0 radical (unpaired) electrons. The fraction of sp³-hybridized carbons (Fsp3) is 0.100. The van der Waals surface area contributed by atoms with Gasteiger partial charge in [0.1, 0.15) is 0 Å². The van der Waals surface area contributed by atoms with Crippen molar-refractivity contribution in [3.05, 3.63) is 30.5 Å². The zero-order valence-corrected chi connectivity index (χ0v) is 7.32. The van der Waals surface area contributed by atoms with Gasteiger partial charge < -0.3 is 9.88 Å². The predicted octanol–water partition coefficient (Wildman–Crippen LogP) is 1.75. The third-order valence-corrected chi connectivity index (χ3v) is 2.11. The van der Waals surface area contributed by atoms with E-state index in [1.807, 2.05) is 42.1 Å². The van der Waals surface area contributed by atoms with Crippen molar-refractivity contribution >= 4 is 23.0 Å². The van der Waals surface area contributed by atoms with Gasteiger partial charge in [0.15, 0.2) is 0 Å². The predicted molar refractivity (Wildman–Crippen MR) is 52.6 cm³/mol. The molecule has 0 bridgehead atoms. The first-order valence-corrected chi connectivity index (χ1v) is 4.06. The third kappa shape index (κ3) is 1.28. The van der Waals surface area contributed by atoms with Crippen molar-refractivity contribution in [2.75, 3.05) is 5.32 Å². The Kier molecular flexibility index (Phi) is 1.77. The topological polar surface area (TPSA) is 34.0 Å². The number of amides is 1. The fourth-order valence-corrected chi connectivity index (χ4v) is 1.42. The van der Waals surface area contributed by atoms with Gasteiger partial charge in [-0.05, 0) is 23.6 Å². The normalized spacial score (nSPS) is 10.2. The Balaban J connectivity index is 2.58. The number of hydrogen-bond acceptors (Lipinski definition) is 1. The molecule has 0 fully saturated rings. The highest BCUT2D eigenvalue weighted by molar-refractivity contribution is 5.86. The number of carbonyl (C=O) groups is 1. The molecule has 0 aliphatic rings. The molecule has 1 N–H and O–H groups in total. The summed E-state index contributed by atoms with van der Waals surface area (Å²) >= 11 is 0. The molecule has 2 aromatic rings. The van der Waals surface area contributed by atoms with Crippen molar-refractivity contribution in [3.8, 4) is 0 Å². The van der Waals surface area contributed by atoms with Crippen LogP contribution in [0.3, 0.4) is 0 Å². The van der Waals surface area contributed by atoms with E-state index in [9.17, 15) is 4.79 Å². The van der Waals surface area contributed by atoms with Gasteiger partial charge in [0.25, 0.3) is 0 Å². The molecule has 0 saturated heterocycles. The van der Waals surface area contributed by atoms with E-state index in [1.165, 1.54) is 5.39 Å². The summed E-state index contributed by atoms with van der Waals surface area (Å²) in [6.45, 7) is 0. The Bertz CT molecular complexity index is 445. The second kappa shape index (κ2) is 2.94. The van der Waals surface area contributed by atoms with Crippen LogP contribution in [0.2, 0.25) is 0 Å². The number of benzene rings is 1. The van der Waals surface area contributed by atoms with E-state index < -0.39 is 0 Å². The van der Waals surface area contributed by atoms with Gasteiger partial charge in [-0.15, -0.1) is 0 Å². The highest BCUT2D eigenvalue weighted by atomic mass is 16.1. The SMILES string of the molecule is Cn1ccc2ccc(NC=O)cc21. The van der Waals surface area contributed by atoms with Crippen molar-refractivity contribution in [2.24, 2.45) is 7.05 Å². The van der Waals surface area contributed by atoms with Gasteiger partial charge in [-0.3, -0.25) is 4.79 Å². The molecule has 66 valence electrons. The number of nitrogens with one attached hydrogen (secondary N) is 1. The minimum Gasteiger partial charge on any atom is -0.350 e. The van der Waals surface area contributed by atoms with E-state index in [0.717, 1.165) is 11.2 Å². The van der Waals surface area contributed by atoms with Gasteiger partial charge >= 0.3 is 0 Å². The Morgan fingerprint density at radius 3 is 3.00 bits per heavy atom.